The summed E-state index contributed by atoms with van der Waals surface area (Å²) in [7, 11) is 1.52. The van der Waals surface area contributed by atoms with Crippen LogP contribution in [0.3, 0.4) is 0 Å². The third-order valence-electron chi connectivity index (χ3n) is 5.31. The summed E-state index contributed by atoms with van der Waals surface area (Å²) in [6.45, 7) is 2.23. The Labute approximate surface area is 190 Å². The average molecular weight is 442 g/mol. The van der Waals surface area contributed by atoms with Crippen molar-refractivity contribution in [2.24, 2.45) is 0 Å². The van der Waals surface area contributed by atoms with Gasteiger partial charge in [-0.2, -0.15) is 0 Å². The third kappa shape index (κ3) is 4.23. The summed E-state index contributed by atoms with van der Waals surface area (Å²) >= 11 is 0. The van der Waals surface area contributed by atoms with Gasteiger partial charge in [0.05, 0.1) is 25.2 Å². The van der Waals surface area contributed by atoms with E-state index in [9.17, 15) is 4.79 Å². The summed E-state index contributed by atoms with van der Waals surface area (Å²) in [5.41, 5.74) is 2.72. The molecule has 2 aromatic carbocycles. The van der Waals surface area contributed by atoms with Crippen LogP contribution in [-0.4, -0.2) is 34.2 Å². The van der Waals surface area contributed by atoms with Gasteiger partial charge in [0.15, 0.2) is 0 Å². The van der Waals surface area contributed by atoms with Crippen LogP contribution < -0.4 is 19.5 Å². The molecule has 1 aliphatic heterocycles. The molecule has 0 bridgehead atoms. The fourth-order valence-corrected chi connectivity index (χ4v) is 3.69. The van der Waals surface area contributed by atoms with Crippen LogP contribution in [0.25, 0.3) is 5.69 Å². The predicted molar refractivity (Wildman–Crippen MR) is 121 cm³/mol. The Balaban J connectivity index is 1.31. The van der Waals surface area contributed by atoms with Crippen LogP contribution in [0.4, 0.5) is 0 Å². The number of hydrogen-bond acceptors (Lipinski definition) is 6. The number of aryl methyl sites for hydroxylation is 1. The number of nitrogens with zero attached hydrogens (tertiary/aromatic N) is 3. The Morgan fingerprint density at radius 3 is 2.73 bits per heavy atom. The molecule has 1 atom stereocenters. The number of imidazole rings is 1. The molecular weight excluding hydrogens is 420 g/mol. The van der Waals surface area contributed by atoms with Crippen molar-refractivity contribution in [3.05, 3.63) is 90.1 Å². The number of aromatic nitrogens is 3. The van der Waals surface area contributed by atoms with Crippen LogP contribution in [0, 0.1) is 6.92 Å². The molecule has 2 aromatic heterocycles. The molecule has 0 saturated heterocycles. The maximum Gasteiger partial charge on any atom is 0.270 e. The quantitative estimate of drug-likeness (QED) is 0.481. The highest BCUT2D eigenvalue weighted by atomic mass is 16.5. The number of amides is 1. The van der Waals surface area contributed by atoms with Crippen molar-refractivity contribution in [2.75, 3.05) is 13.7 Å². The van der Waals surface area contributed by atoms with Crippen molar-refractivity contribution in [1.82, 2.24) is 19.9 Å². The van der Waals surface area contributed by atoms with Gasteiger partial charge in [0.25, 0.3) is 5.91 Å². The number of pyridine rings is 1. The molecule has 0 aliphatic carbocycles. The normalized spacial score (nSPS) is 14.3. The van der Waals surface area contributed by atoms with Gasteiger partial charge < -0.3 is 24.1 Å². The van der Waals surface area contributed by atoms with Crippen LogP contribution in [0.1, 0.15) is 27.8 Å². The van der Waals surface area contributed by atoms with Crippen molar-refractivity contribution in [1.29, 1.82) is 0 Å². The molecule has 0 fully saturated rings. The standard InChI is InChI=1S/C25H22N4O4/c1-16-13-29(15-26-16)22-11-10-20(28-25(22)31-2)24(30)27-21-14-32-23-12-18(8-9-19(21)23)33-17-6-4-3-5-7-17/h3-13,15,21H,14H2,1-2H3,(H,27,30)/t21-/m0/s1. The van der Waals surface area contributed by atoms with Crippen molar-refractivity contribution in [3.8, 4) is 28.8 Å². The van der Waals surface area contributed by atoms with E-state index in [2.05, 4.69) is 15.3 Å². The second-order valence-corrected chi connectivity index (χ2v) is 7.60. The smallest absolute Gasteiger partial charge is 0.270 e. The van der Waals surface area contributed by atoms with Gasteiger partial charge in [0.2, 0.25) is 5.88 Å². The van der Waals surface area contributed by atoms with Gasteiger partial charge in [-0.3, -0.25) is 4.79 Å². The van der Waals surface area contributed by atoms with Gasteiger partial charge in [0.1, 0.15) is 35.2 Å². The minimum absolute atomic E-state index is 0.255. The summed E-state index contributed by atoms with van der Waals surface area (Å²) in [6.07, 6.45) is 3.54. The van der Waals surface area contributed by atoms with Gasteiger partial charge in [0, 0.05) is 17.8 Å². The number of carbonyl (C=O) groups excluding carboxylic acids is 1. The fourth-order valence-electron chi connectivity index (χ4n) is 3.69. The van der Waals surface area contributed by atoms with E-state index in [1.165, 1.54) is 7.11 Å². The maximum atomic E-state index is 12.9. The van der Waals surface area contributed by atoms with Crippen molar-refractivity contribution in [3.63, 3.8) is 0 Å². The Bertz CT molecular complexity index is 1300. The molecule has 3 heterocycles. The Morgan fingerprint density at radius 1 is 1.12 bits per heavy atom. The summed E-state index contributed by atoms with van der Waals surface area (Å²) in [6, 6.07) is 18.3. The second-order valence-electron chi connectivity index (χ2n) is 7.60. The first-order valence-corrected chi connectivity index (χ1v) is 10.5. The molecule has 0 spiro atoms. The van der Waals surface area contributed by atoms with Crippen molar-refractivity contribution >= 4 is 5.91 Å². The van der Waals surface area contributed by atoms with E-state index >= 15 is 0 Å². The highest BCUT2D eigenvalue weighted by Crippen LogP contribution is 2.36. The van der Waals surface area contributed by atoms with Crippen molar-refractivity contribution < 1.29 is 19.0 Å². The Hall–Kier alpha value is -4.33. The highest BCUT2D eigenvalue weighted by molar-refractivity contribution is 5.93. The number of nitrogens with one attached hydrogen (secondary N) is 1. The molecule has 0 saturated carbocycles. The molecule has 166 valence electrons. The summed E-state index contributed by atoms with van der Waals surface area (Å²) < 4.78 is 18.9. The number of rotatable bonds is 6. The topological polar surface area (TPSA) is 87.5 Å². The van der Waals surface area contributed by atoms with E-state index in [4.69, 9.17) is 14.2 Å². The Kier molecular flexibility index (Phi) is 5.40. The van der Waals surface area contributed by atoms with Crippen LogP contribution in [0.15, 0.2) is 73.2 Å². The number of methoxy groups -OCH3 is 1. The lowest BCUT2D eigenvalue weighted by Crippen LogP contribution is -2.30. The maximum absolute atomic E-state index is 12.9. The summed E-state index contributed by atoms with van der Waals surface area (Å²) in [5.74, 6) is 2.13. The first kappa shape index (κ1) is 20.6. The molecule has 1 amide bonds. The molecule has 0 radical (unpaired) electrons. The number of fused-ring (bicyclic) bond motifs is 1. The molecule has 33 heavy (non-hydrogen) atoms. The van der Waals surface area contributed by atoms with E-state index in [1.54, 1.807) is 23.0 Å². The second kappa shape index (κ2) is 8.66. The number of ether oxygens (including phenoxy) is 3. The van der Waals surface area contributed by atoms with Gasteiger partial charge in [-0.25, -0.2) is 9.97 Å². The van der Waals surface area contributed by atoms with Gasteiger partial charge in [-0.15, -0.1) is 0 Å². The van der Waals surface area contributed by atoms with E-state index < -0.39 is 0 Å². The number of carbonyl (C=O) groups is 1. The SMILES string of the molecule is COc1nc(C(=O)N[C@H]2COc3cc(Oc4ccccc4)ccc32)ccc1-n1cnc(C)c1. The zero-order valence-electron chi connectivity index (χ0n) is 18.2. The van der Waals surface area contributed by atoms with E-state index in [0.29, 0.717) is 29.7 Å². The number of benzene rings is 2. The summed E-state index contributed by atoms with van der Waals surface area (Å²) in [5, 5.41) is 2.99. The number of hydrogen-bond donors (Lipinski definition) is 1. The van der Waals surface area contributed by atoms with E-state index in [0.717, 1.165) is 17.0 Å². The molecule has 4 aromatic rings. The first-order valence-electron chi connectivity index (χ1n) is 10.5. The van der Waals surface area contributed by atoms with Crippen LogP contribution in [0.5, 0.6) is 23.1 Å². The molecule has 1 aliphatic rings. The predicted octanol–water partition coefficient (Wildman–Crippen LogP) is 4.24. The zero-order valence-corrected chi connectivity index (χ0v) is 18.2. The van der Waals surface area contributed by atoms with E-state index in [-0.39, 0.29) is 17.6 Å². The lowest BCUT2D eigenvalue weighted by Gasteiger charge is -2.13. The fraction of sp³-hybridized carbons (Fsp3) is 0.160. The molecule has 5 rings (SSSR count). The first-order chi connectivity index (χ1) is 16.1. The van der Waals surface area contributed by atoms with Gasteiger partial charge in [-0.1, -0.05) is 18.2 Å². The Morgan fingerprint density at radius 2 is 1.97 bits per heavy atom. The lowest BCUT2D eigenvalue weighted by molar-refractivity contribution is 0.0924. The number of para-hydroxylation sites is 1. The van der Waals surface area contributed by atoms with Crippen LogP contribution in [0.2, 0.25) is 0 Å². The monoisotopic (exact) mass is 442 g/mol. The minimum Gasteiger partial charge on any atom is -0.491 e. The third-order valence-corrected chi connectivity index (χ3v) is 5.31. The van der Waals surface area contributed by atoms with Gasteiger partial charge in [-0.05, 0) is 43.3 Å². The van der Waals surface area contributed by atoms with Gasteiger partial charge >= 0.3 is 0 Å². The van der Waals surface area contributed by atoms with E-state index in [1.807, 2.05) is 61.7 Å². The minimum atomic E-state index is -0.312. The summed E-state index contributed by atoms with van der Waals surface area (Å²) in [4.78, 5) is 21.5. The average Bonchev–Trinajstić information content (AvgIpc) is 3.45. The molecule has 8 heteroatoms. The highest BCUT2D eigenvalue weighted by Gasteiger charge is 2.27. The molecule has 0 unspecified atom stereocenters. The van der Waals surface area contributed by atoms with Crippen LogP contribution >= 0.6 is 0 Å². The molecule has 8 nitrogen and oxygen atoms in total. The zero-order chi connectivity index (χ0) is 22.8. The van der Waals surface area contributed by atoms with Crippen LogP contribution in [-0.2, 0) is 0 Å². The largest absolute Gasteiger partial charge is 0.491 e. The lowest BCUT2D eigenvalue weighted by atomic mass is 10.1. The molecular formula is C25H22N4O4. The van der Waals surface area contributed by atoms with Crippen molar-refractivity contribution in [2.45, 2.75) is 13.0 Å². The molecule has 1 N–H and O–H groups in total.